The predicted octanol–water partition coefficient (Wildman–Crippen LogP) is 2.54. The molecule has 104 valence electrons. The third-order valence-corrected chi connectivity index (χ3v) is 4.80. The van der Waals surface area contributed by atoms with Crippen molar-refractivity contribution in [1.29, 1.82) is 0 Å². The van der Waals surface area contributed by atoms with Crippen molar-refractivity contribution >= 4 is 0 Å². The summed E-state index contributed by atoms with van der Waals surface area (Å²) in [6.45, 7) is 9.04. The van der Waals surface area contributed by atoms with Gasteiger partial charge >= 0.3 is 0 Å². The van der Waals surface area contributed by atoms with Crippen LogP contribution in [0.25, 0.3) is 0 Å². The topological polar surface area (TPSA) is 26.7 Å². The van der Waals surface area contributed by atoms with Gasteiger partial charge in [0, 0.05) is 37.3 Å². The second kappa shape index (κ2) is 5.14. The van der Waals surface area contributed by atoms with Crippen LogP contribution < -0.4 is 0 Å². The van der Waals surface area contributed by atoms with Crippen molar-refractivity contribution in [2.75, 3.05) is 26.2 Å². The van der Waals surface area contributed by atoms with E-state index < -0.39 is 0 Å². The number of hydrogen-bond acceptors (Lipinski definition) is 3. The molecular weight excluding hydrogens is 236 g/mol. The van der Waals surface area contributed by atoms with Crippen LogP contribution in [0.15, 0.2) is 18.2 Å². The van der Waals surface area contributed by atoms with Gasteiger partial charge in [-0.3, -0.25) is 9.80 Å². The molecule has 0 spiro atoms. The van der Waals surface area contributed by atoms with E-state index in [1.807, 2.05) is 12.1 Å². The number of nitrogens with zero attached hydrogens (tertiary/aromatic N) is 2. The summed E-state index contributed by atoms with van der Waals surface area (Å²) in [7, 11) is 0. The molecule has 2 aliphatic rings. The minimum Gasteiger partial charge on any atom is -0.508 e. The van der Waals surface area contributed by atoms with Gasteiger partial charge in [0.25, 0.3) is 0 Å². The van der Waals surface area contributed by atoms with Crippen molar-refractivity contribution < 1.29 is 5.11 Å². The molecule has 3 rings (SSSR count). The normalized spacial score (nSPS) is 26.3. The number of aryl methyl sites for hydroxylation is 1. The highest BCUT2D eigenvalue weighted by Crippen LogP contribution is 2.32. The molecule has 0 aliphatic carbocycles. The maximum atomic E-state index is 10.1. The molecule has 19 heavy (non-hydrogen) atoms. The lowest BCUT2D eigenvalue weighted by molar-refractivity contribution is 0.0762. The third-order valence-electron chi connectivity index (χ3n) is 4.80. The Hall–Kier alpha value is -1.06. The van der Waals surface area contributed by atoms with Crippen molar-refractivity contribution in [2.24, 2.45) is 0 Å². The van der Waals surface area contributed by atoms with E-state index in [1.54, 1.807) is 0 Å². The van der Waals surface area contributed by atoms with Crippen molar-refractivity contribution in [3.8, 4) is 5.75 Å². The zero-order valence-electron chi connectivity index (χ0n) is 12.0. The van der Waals surface area contributed by atoms with Crippen LogP contribution in [0.3, 0.4) is 0 Å². The number of hydrogen-bond donors (Lipinski definition) is 1. The SMILES string of the molecule is Cc1ccc(O)c(C(C)N2CCN3CCCC3C2)c1. The van der Waals surface area contributed by atoms with Gasteiger partial charge in [-0.1, -0.05) is 17.7 Å². The summed E-state index contributed by atoms with van der Waals surface area (Å²) in [6.07, 6.45) is 2.69. The minimum atomic E-state index is 0.308. The molecule has 2 fully saturated rings. The summed E-state index contributed by atoms with van der Waals surface area (Å²) < 4.78 is 0. The first-order valence-corrected chi connectivity index (χ1v) is 7.43. The molecule has 2 atom stereocenters. The average molecular weight is 260 g/mol. The summed E-state index contributed by atoms with van der Waals surface area (Å²) in [6, 6.07) is 6.97. The number of fused-ring (bicyclic) bond motifs is 1. The van der Waals surface area contributed by atoms with Gasteiger partial charge in [0.05, 0.1) is 0 Å². The van der Waals surface area contributed by atoms with Crippen molar-refractivity contribution in [2.45, 2.75) is 38.8 Å². The molecule has 3 nitrogen and oxygen atoms in total. The maximum absolute atomic E-state index is 10.1. The second-order valence-electron chi connectivity index (χ2n) is 6.07. The smallest absolute Gasteiger partial charge is 0.120 e. The van der Waals surface area contributed by atoms with Crippen LogP contribution in [0, 0.1) is 6.92 Å². The first kappa shape index (κ1) is 12.9. The van der Waals surface area contributed by atoms with Crippen LogP contribution in [0.4, 0.5) is 0 Å². The monoisotopic (exact) mass is 260 g/mol. The van der Waals surface area contributed by atoms with E-state index >= 15 is 0 Å². The van der Waals surface area contributed by atoms with Crippen LogP contribution in [0.2, 0.25) is 0 Å². The Morgan fingerprint density at radius 1 is 1.26 bits per heavy atom. The predicted molar refractivity (Wildman–Crippen MR) is 77.4 cm³/mol. The van der Waals surface area contributed by atoms with Gasteiger partial charge in [-0.25, -0.2) is 0 Å². The molecule has 0 bridgehead atoms. The molecule has 1 N–H and O–H groups in total. The minimum absolute atomic E-state index is 0.308. The van der Waals surface area contributed by atoms with Gasteiger partial charge in [-0.05, 0) is 39.3 Å². The number of phenolic OH excluding ortho intramolecular Hbond substituents is 1. The lowest BCUT2D eigenvalue weighted by Crippen LogP contribution is -2.50. The highest BCUT2D eigenvalue weighted by molar-refractivity contribution is 5.37. The summed E-state index contributed by atoms with van der Waals surface area (Å²) >= 11 is 0. The van der Waals surface area contributed by atoms with E-state index in [0.29, 0.717) is 11.8 Å². The lowest BCUT2D eigenvalue weighted by atomic mass is 10.0. The Balaban J connectivity index is 1.76. The zero-order valence-corrected chi connectivity index (χ0v) is 12.0. The maximum Gasteiger partial charge on any atom is 0.120 e. The number of aromatic hydroxyl groups is 1. The Bertz CT molecular complexity index is 460. The number of phenols is 1. The van der Waals surface area contributed by atoms with Gasteiger partial charge in [-0.15, -0.1) is 0 Å². The fourth-order valence-electron chi connectivity index (χ4n) is 3.57. The fourth-order valence-corrected chi connectivity index (χ4v) is 3.57. The first-order chi connectivity index (χ1) is 9.15. The van der Waals surface area contributed by atoms with Gasteiger partial charge in [0.15, 0.2) is 0 Å². The van der Waals surface area contributed by atoms with Gasteiger partial charge in [-0.2, -0.15) is 0 Å². The Kier molecular flexibility index (Phi) is 3.50. The Labute approximate surface area is 115 Å². The Morgan fingerprint density at radius 3 is 2.95 bits per heavy atom. The standard InChI is InChI=1S/C16H24N2O/c1-12-5-6-16(19)15(10-12)13(2)18-9-8-17-7-3-4-14(17)11-18/h5-6,10,13-14,19H,3-4,7-9,11H2,1-2H3. The van der Waals surface area contributed by atoms with E-state index in [0.717, 1.165) is 24.7 Å². The molecule has 0 aromatic heterocycles. The highest BCUT2D eigenvalue weighted by Gasteiger charge is 2.33. The molecule has 0 amide bonds. The summed E-state index contributed by atoms with van der Waals surface area (Å²) in [5.74, 6) is 0.437. The van der Waals surface area contributed by atoms with E-state index in [-0.39, 0.29) is 0 Å². The van der Waals surface area contributed by atoms with Crippen LogP contribution in [0.1, 0.15) is 36.9 Å². The summed E-state index contributed by atoms with van der Waals surface area (Å²) in [4.78, 5) is 5.15. The van der Waals surface area contributed by atoms with Crippen LogP contribution >= 0.6 is 0 Å². The fraction of sp³-hybridized carbons (Fsp3) is 0.625. The molecule has 2 unspecified atom stereocenters. The zero-order chi connectivity index (χ0) is 13.4. The number of piperazine rings is 1. The molecule has 0 saturated carbocycles. The van der Waals surface area contributed by atoms with Crippen molar-refractivity contribution in [3.05, 3.63) is 29.3 Å². The molecule has 3 heteroatoms. The van der Waals surface area contributed by atoms with Crippen LogP contribution in [-0.4, -0.2) is 47.1 Å². The average Bonchev–Trinajstić information content (AvgIpc) is 2.88. The van der Waals surface area contributed by atoms with E-state index in [9.17, 15) is 5.11 Å². The van der Waals surface area contributed by atoms with E-state index in [4.69, 9.17) is 0 Å². The van der Waals surface area contributed by atoms with Gasteiger partial charge in [0.1, 0.15) is 5.75 Å². The Morgan fingerprint density at radius 2 is 2.11 bits per heavy atom. The van der Waals surface area contributed by atoms with Gasteiger partial charge in [0.2, 0.25) is 0 Å². The molecule has 1 aromatic carbocycles. The van der Waals surface area contributed by atoms with E-state index in [1.165, 1.54) is 31.5 Å². The largest absolute Gasteiger partial charge is 0.508 e. The van der Waals surface area contributed by atoms with Crippen LogP contribution in [-0.2, 0) is 0 Å². The van der Waals surface area contributed by atoms with E-state index in [2.05, 4.69) is 29.7 Å². The molecule has 2 aliphatic heterocycles. The third kappa shape index (κ3) is 2.49. The summed E-state index contributed by atoms with van der Waals surface area (Å²) in [5, 5.41) is 10.1. The molecular formula is C16H24N2O. The quantitative estimate of drug-likeness (QED) is 0.885. The van der Waals surface area contributed by atoms with Gasteiger partial charge < -0.3 is 5.11 Å². The molecule has 0 radical (unpaired) electrons. The second-order valence-corrected chi connectivity index (χ2v) is 6.07. The lowest BCUT2D eigenvalue weighted by Gasteiger charge is -2.40. The first-order valence-electron chi connectivity index (χ1n) is 7.43. The molecule has 2 saturated heterocycles. The van der Waals surface area contributed by atoms with Crippen LogP contribution in [0.5, 0.6) is 5.75 Å². The molecule has 1 aromatic rings. The number of benzene rings is 1. The van der Waals surface area contributed by atoms with Crippen molar-refractivity contribution in [3.63, 3.8) is 0 Å². The summed E-state index contributed by atoms with van der Waals surface area (Å²) in [5.41, 5.74) is 2.30. The molecule has 2 heterocycles. The number of rotatable bonds is 2. The highest BCUT2D eigenvalue weighted by atomic mass is 16.3. The van der Waals surface area contributed by atoms with Crippen molar-refractivity contribution in [1.82, 2.24) is 9.80 Å².